The predicted molar refractivity (Wildman–Crippen MR) is 112 cm³/mol. The lowest BCUT2D eigenvalue weighted by molar-refractivity contribution is -0.885. The predicted octanol–water partition coefficient (Wildman–Crippen LogP) is 3.14. The Morgan fingerprint density at radius 2 is 1.74 bits per heavy atom. The number of nitrogens with one attached hydrogen (secondary N) is 1. The summed E-state index contributed by atoms with van der Waals surface area (Å²) in [5.74, 6) is 0.878. The molecule has 0 bridgehead atoms. The van der Waals surface area contributed by atoms with E-state index >= 15 is 0 Å². The topological polar surface area (TPSA) is 20.6 Å². The second-order valence-corrected chi connectivity index (χ2v) is 8.24. The largest absolute Gasteiger partial charge is 0.456 e. The lowest BCUT2D eigenvalue weighted by atomic mass is 10.0. The van der Waals surface area contributed by atoms with Gasteiger partial charge in [0.1, 0.15) is 18.4 Å². The number of piperidine rings is 1. The fourth-order valence-electron chi connectivity index (χ4n) is 4.01. The molecule has 3 aromatic rings. The maximum Gasteiger partial charge on any atom is 0.214 e. The van der Waals surface area contributed by atoms with Gasteiger partial charge in [0.05, 0.1) is 44.4 Å². The van der Waals surface area contributed by atoms with Crippen molar-refractivity contribution in [3.63, 3.8) is 0 Å². The minimum atomic E-state index is 0.567. The molecule has 0 saturated carbocycles. The second-order valence-electron chi connectivity index (χ2n) is 7.80. The van der Waals surface area contributed by atoms with E-state index in [1.54, 1.807) is 4.90 Å². The fraction of sp³-hybridized carbons (Fsp3) is 0.348. The Hall–Kier alpha value is -2.10. The summed E-state index contributed by atoms with van der Waals surface area (Å²) in [6.45, 7) is 4.59. The molecular formula is C23H27ClN2O+2. The molecule has 4 rings (SSSR count). The molecule has 2 aromatic carbocycles. The van der Waals surface area contributed by atoms with Gasteiger partial charge in [-0.25, -0.2) is 4.58 Å². The van der Waals surface area contributed by atoms with Crippen molar-refractivity contribution in [2.75, 3.05) is 27.2 Å². The number of aryl methyl sites for hydroxylation is 1. The number of rotatable bonds is 2. The molecule has 4 heteroatoms. The molecule has 0 atom stereocenters. The molecule has 1 saturated heterocycles. The molecule has 1 aliphatic rings. The highest BCUT2D eigenvalue weighted by molar-refractivity contribution is 6.30. The Kier molecular flexibility index (Phi) is 5.07. The zero-order chi connectivity index (χ0) is 19.0. The van der Waals surface area contributed by atoms with Crippen LogP contribution < -0.4 is 14.8 Å². The maximum absolute atomic E-state index is 6.26. The van der Waals surface area contributed by atoms with Crippen LogP contribution in [0, 0.1) is 6.92 Å². The third-order valence-corrected chi connectivity index (χ3v) is 6.02. The minimum Gasteiger partial charge on any atom is -0.456 e. The molecule has 3 nitrogen and oxygen atoms in total. The van der Waals surface area contributed by atoms with Crippen molar-refractivity contribution in [2.45, 2.75) is 25.8 Å². The van der Waals surface area contributed by atoms with E-state index in [9.17, 15) is 0 Å². The Labute approximate surface area is 165 Å². The molecule has 27 heavy (non-hydrogen) atoms. The number of nitrogens with zero attached hydrogens (tertiary/aromatic N) is 1. The van der Waals surface area contributed by atoms with E-state index in [2.05, 4.69) is 49.9 Å². The SMILES string of the molecule is Cc1ccc2oc(-c3ccc(Cl)cc3)cc(=[N+](C)C3CC[NH+](C)CC3)c2c1. The van der Waals surface area contributed by atoms with Crippen LogP contribution in [0.2, 0.25) is 5.02 Å². The van der Waals surface area contributed by atoms with Crippen LogP contribution in [0.1, 0.15) is 18.4 Å². The summed E-state index contributed by atoms with van der Waals surface area (Å²) in [7, 11) is 4.52. The summed E-state index contributed by atoms with van der Waals surface area (Å²) < 4.78 is 8.73. The van der Waals surface area contributed by atoms with E-state index in [0.717, 1.165) is 21.9 Å². The van der Waals surface area contributed by atoms with Crippen molar-refractivity contribution in [3.05, 3.63) is 64.5 Å². The third kappa shape index (κ3) is 3.80. The minimum absolute atomic E-state index is 0.567. The zero-order valence-electron chi connectivity index (χ0n) is 16.3. The van der Waals surface area contributed by atoms with Crippen LogP contribution in [0.4, 0.5) is 0 Å². The first-order chi connectivity index (χ1) is 13.0. The average molecular weight is 383 g/mol. The molecular weight excluding hydrogens is 356 g/mol. The normalized spacial score (nSPS) is 21.3. The summed E-state index contributed by atoms with van der Waals surface area (Å²) in [5.41, 5.74) is 3.22. The van der Waals surface area contributed by atoms with Crippen molar-refractivity contribution in [3.8, 4) is 11.3 Å². The molecule has 0 spiro atoms. The van der Waals surface area contributed by atoms with Crippen LogP contribution in [-0.4, -0.2) is 33.2 Å². The van der Waals surface area contributed by atoms with Gasteiger partial charge in [-0.3, -0.25) is 0 Å². The number of hydrogen-bond donors (Lipinski definition) is 1. The number of halogens is 1. The van der Waals surface area contributed by atoms with Crippen LogP contribution in [0.25, 0.3) is 22.3 Å². The average Bonchev–Trinajstić information content (AvgIpc) is 2.68. The Morgan fingerprint density at radius 1 is 1.04 bits per heavy atom. The van der Waals surface area contributed by atoms with E-state index in [4.69, 9.17) is 16.0 Å². The molecule has 1 N–H and O–H groups in total. The quantitative estimate of drug-likeness (QED) is 0.675. The van der Waals surface area contributed by atoms with E-state index < -0.39 is 0 Å². The van der Waals surface area contributed by atoms with E-state index in [-0.39, 0.29) is 0 Å². The number of quaternary nitrogens is 1. The highest BCUT2D eigenvalue weighted by Crippen LogP contribution is 2.24. The molecule has 1 aliphatic heterocycles. The number of hydrogen-bond acceptors (Lipinski definition) is 1. The van der Waals surface area contributed by atoms with Gasteiger partial charge in [-0.15, -0.1) is 0 Å². The van der Waals surface area contributed by atoms with E-state index in [0.29, 0.717) is 6.04 Å². The molecule has 0 radical (unpaired) electrons. The maximum atomic E-state index is 6.26. The number of benzene rings is 2. The van der Waals surface area contributed by atoms with Gasteiger partial charge in [0.25, 0.3) is 0 Å². The van der Waals surface area contributed by atoms with Crippen LogP contribution >= 0.6 is 11.6 Å². The van der Waals surface area contributed by atoms with Gasteiger partial charge < -0.3 is 9.32 Å². The standard InChI is InChI=1S/C23H26ClN2O/c1-16-4-9-22-20(14-16)21(26(3)19-10-12-25(2)13-11-19)15-23(27-22)17-5-7-18(24)8-6-17/h4-9,14-15,19H,10-13H2,1-3H3/q+1/p+1. The summed E-state index contributed by atoms with van der Waals surface area (Å²) in [4.78, 5) is 1.63. The molecule has 1 fully saturated rings. The van der Waals surface area contributed by atoms with Gasteiger partial charge in [0.2, 0.25) is 5.36 Å². The van der Waals surface area contributed by atoms with Crippen molar-refractivity contribution in [1.29, 1.82) is 0 Å². The van der Waals surface area contributed by atoms with Crippen molar-refractivity contribution < 1.29 is 9.32 Å². The van der Waals surface area contributed by atoms with E-state index in [1.807, 2.05) is 24.3 Å². The number of likely N-dealkylation sites (tertiary alicyclic amines) is 1. The molecule has 0 amide bonds. The summed E-state index contributed by atoms with van der Waals surface area (Å²) >= 11 is 6.07. The Morgan fingerprint density at radius 3 is 2.44 bits per heavy atom. The lowest BCUT2D eigenvalue weighted by Crippen LogP contribution is -3.10. The van der Waals surface area contributed by atoms with Gasteiger partial charge in [-0.05, 0) is 43.3 Å². The number of fused-ring (bicyclic) bond motifs is 1. The molecule has 2 heterocycles. The van der Waals surface area contributed by atoms with Gasteiger partial charge in [-0.2, -0.15) is 0 Å². The van der Waals surface area contributed by atoms with Gasteiger partial charge in [0, 0.05) is 10.6 Å². The Balaban J connectivity index is 1.92. The molecule has 0 aliphatic carbocycles. The fourth-order valence-corrected chi connectivity index (χ4v) is 4.14. The zero-order valence-corrected chi connectivity index (χ0v) is 17.0. The smallest absolute Gasteiger partial charge is 0.214 e. The summed E-state index contributed by atoms with van der Waals surface area (Å²) in [6.07, 6.45) is 2.44. The van der Waals surface area contributed by atoms with Crippen LogP contribution in [0.5, 0.6) is 0 Å². The second kappa shape index (κ2) is 7.49. The monoisotopic (exact) mass is 382 g/mol. The van der Waals surface area contributed by atoms with Crippen molar-refractivity contribution >= 4 is 22.6 Å². The van der Waals surface area contributed by atoms with E-state index in [1.165, 1.54) is 42.2 Å². The third-order valence-electron chi connectivity index (χ3n) is 5.76. The highest BCUT2D eigenvalue weighted by atomic mass is 35.5. The summed E-state index contributed by atoms with van der Waals surface area (Å²) in [5, 5.41) is 3.16. The van der Waals surface area contributed by atoms with Gasteiger partial charge in [0.15, 0.2) is 6.04 Å². The first-order valence-corrected chi connectivity index (χ1v) is 10.1. The van der Waals surface area contributed by atoms with Gasteiger partial charge in [-0.1, -0.05) is 23.2 Å². The first-order valence-electron chi connectivity index (χ1n) is 9.69. The summed E-state index contributed by atoms with van der Waals surface area (Å²) in [6, 6.07) is 17.0. The highest BCUT2D eigenvalue weighted by Gasteiger charge is 2.27. The van der Waals surface area contributed by atoms with Crippen LogP contribution in [0.3, 0.4) is 0 Å². The van der Waals surface area contributed by atoms with Crippen LogP contribution in [0.15, 0.2) is 52.9 Å². The van der Waals surface area contributed by atoms with Crippen molar-refractivity contribution in [1.82, 2.24) is 4.58 Å². The first kappa shape index (κ1) is 18.3. The van der Waals surface area contributed by atoms with Gasteiger partial charge >= 0.3 is 0 Å². The van der Waals surface area contributed by atoms with Crippen LogP contribution in [-0.2, 0) is 0 Å². The lowest BCUT2D eigenvalue weighted by Gasteiger charge is -2.23. The molecule has 140 valence electrons. The Bertz CT molecular complexity index is 1030. The molecule has 0 unspecified atom stereocenters. The molecule has 1 aromatic heterocycles. The van der Waals surface area contributed by atoms with Crippen molar-refractivity contribution in [2.24, 2.45) is 0 Å².